The van der Waals surface area contributed by atoms with Gasteiger partial charge >= 0.3 is 0 Å². The van der Waals surface area contributed by atoms with Gasteiger partial charge in [0, 0.05) is 30.2 Å². The van der Waals surface area contributed by atoms with Crippen LogP contribution in [0.1, 0.15) is 36.0 Å². The summed E-state index contributed by atoms with van der Waals surface area (Å²) >= 11 is 0. The summed E-state index contributed by atoms with van der Waals surface area (Å²) in [5, 5.41) is 17.2. The highest BCUT2D eigenvalue weighted by Crippen LogP contribution is 2.24. The van der Waals surface area contributed by atoms with Crippen LogP contribution in [-0.2, 0) is 0 Å². The number of primary amides is 1. The van der Waals surface area contributed by atoms with Crippen LogP contribution in [0.3, 0.4) is 0 Å². The van der Waals surface area contributed by atoms with Crippen molar-refractivity contribution in [1.29, 1.82) is 5.41 Å². The summed E-state index contributed by atoms with van der Waals surface area (Å²) < 4.78 is 0. The molecule has 10 heteroatoms. The molecular weight excluding hydrogens is 370 g/mol. The third kappa shape index (κ3) is 5.48. The first-order valence-corrected chi connectivity index (χ1v) is 9.41. The molecule has 3 rings (SSSR count). The predicted octanol–water partition coefficient (Wildman–Crippen LogP) is 2.05. The van der Waals surface area contributed by atoms with Crippen molar-refractivity contribution in [2.45, 2.75) is 37.8 Å². The lowest BCUT2D eigenvalue weighted by Crippen LogP contribution is -2.43. The van der Waals surface area contributed by atoms with E-state index in [0.717, 1.165) is 31.9 Å². The molecule has 1 saturated carbocycles. The van der Waals surface area contributed by atoms with Crippen LogP contribution in [0.15, 0.2) is 35.6 Å². The average Bonchev–Trinajstić information content (AvgIpc) is 2.70. The molecule has 0 aliphatic heterocycles. The molecule has 1 amide bonds. The number of nitrogens with zero attached hydrogens (tertiary/aromatic N) is 3. The first kappa shape index (κ1) is 20.2. The van der Waals surface area contributed by atoms with Crippen LogP contribution in [0.2, 0.25) is 0 Å². The van der Waals surface area contributed by atoms with Gasteiger partial charge in [0.1, 0.15) is 11.4 Å². The molecule has 29 heavy (non-hydrogen) atoms. The largest absolute Gasteiger partial charge is 0.365 e. The molecule has 1 aliphatic rings. The van der Waals surface area contributed by atoms with E-state index >= 15 is 0 Å². The highest BCUT2D eigenvalue weighted by Gasteiger charge is 2.23. The fourth-order valence-corrected chi connectivity index (χ4v) is 3.18. The second kappa shape index (κ2) is 9.60. The topological polar surface area (TPSA) is 167 Å². The standard InChI is InChI=1S/C19H25N9O/c20-8-9-24-28-13-5-3-4-12(10-13)25-18-14(17(22)29)11-23-19(27-18)26-16-7-2-1-6-15(16)21/h3-5,8-11,15-16,20,28H,1-2,6-7,21H2,(H2,22,29)(H2,23,25,26,27)/b20-8?,24-9-/t15-,16+/m0/s1. The molecule has 0 spiro atoms. The van der Waals surface area contributed by atoms with Crippen molar-refractivity contribution in [2.75, 3.05) is 16.1 Å². The van der Waals surface area contributed by atoms with Gasteiger partial charge in [0.05, 0.1) is 11.9 Å². The molecule has 152 valence electrons. The Morgan fingerprint density at radius 3 is 2.83 bits per heavy atom. The minimum atomic E-state index is -0.627. The summed E-state index contributed by atoms with van der Waals surface area (Å²) in [7, 11) is 0. The predicted molar refractivity (Wildman–Crippen MR) is 115 cm³/mol. The Hall–Kier alpha value is -3.53. The van der Waals surface area contributed by atoms with E-state index in [4.69, 9.17) is 16.9 Å². The minimum Gasteiger partial charge on any atom is -0.365 e. The summed E-state index contributed by atoms with van der Waals surface area (Å²) in [6.45, 7) is 0. The number of aromatic nitrogens is 2. The van der Waals surface area contributed by atoms with Gasteiger partial charge in [-0.25, -0.2) is 4.98 Å². The second-order valence-corrected chi connectivity index (χ2v) is 6.78. The van der Waals surface area contributed by atoms with E-state index in [1.807, 2.05) is 18.2 Å². The Morgan fingerprint density at radius 1 is 1.28 bits per heavy atom. The van der Waals surface area contributed by atoms with Crippen molar-refractivity contribution >= 4 is 41.5 Å². The average molecular weight is 395 g/mol. The number of hydrogen-bond donors (Lipinski definition) is 6. The van der Waals surface area contributed by atoms with Crippen LogP contribution in [-0.4, -0.2) is 40.4 Å². The number of nitrogens with one attached hydrogen (secondary N) is 4. The van der Waals surface area contributed by atoms with E-state index in [2.05, 4.69) is 31.1 Å². The zero-order chi connectivity index (χ0) is 20.6. The number of rotatable bonds is 8. The van der Waals surface area contributed by atoms with Crippen molar-refractivity contribution in [2.24, 2.45) is 16.6 Å². The Balaban J connectivity index is 1.81. The number of hydrazone groups is 1. The van der Waals surface area contributed by atoms with Crippen molar-refractivity contribution in [1.82, 2.24) is 9.97 Å². The monoisotopic (exact) mass is 395 g/mol. The summed E-state index contributed by atoms with van der Waals surface area (Å²) in [6, 6.07) is 7.38. The molecule has 1 aliphatic carbocycles. The van der Waals surface area contributed by atoms with Crippen molar-refractivity contribution in [3.05, 3.63) is 36.0 Å². The fourth-order valence-electron chi connectivity index (χ4n) is 3.18. The number of benzene rings is 1. The number of anilines is 4. The van der Waals surface area contributed by atoms with Crippen LogP contribution in [0.5, 0.6) is 0 Å². The summed E-state index contributed by atoms with van der Waals surface area (Å²) in [4.78, 5) is 20.5. The van der Waals surface area contributed by atoms with E-state index < -0.39 is 5.91 Å². The SMILES string of the molecule is N=C/C=N\Nc1cccc(Nc2nc(N[C@@H]3CCCC[C@@H]3N)ncc2C(N)=O)c1. The minimum absolute atomic E-state index is 0.0452. The van der Waals surface area contributed by atoms with E-state index in [-0.39, 0.29) is 17.6 Å². The Morgan fingerprint density at radius 2 is 2.07 bits per heavy atom. The zero-order valence-corrected chi connectivity index (χ0v) is 15.9. The van der Waals surface area contributed by atoms with Gasteiger partial charge in [-0.2, -0.15) is 10.1 Å². The number of carbonyl (C=O) groups is 1. The normalized spacial score (nSPS) is 18.9. The van der Waals surface area contributed by atoms with E-state index in [1.165, 1.54) is 12.4 Å². The molecule has 1 heterocycles. The van der Waals surface area contributed by atoms with Crippen LogP contribution < -0.4 is 27.5 Å². The number of hydrogen-bond acceptors (Lipinski definition) is 9. The first-order chi connectivity index (χ1) is 14.1. The maximum atomic E-state index is 11.8. The maximum absolute atomic E-state index is 11.8. The molecule has 2 atom stereocenters. The van der Waals surface area contributed by atoms with Crippen LogP contribution in [0, 0.1) is 5.41 Å². The second-order valence-electron chi connectivity index (χ2n) is 6.78. The van der Waals surface area contributed by atoms with E-state index in [9.17, 15) is 4.79 Å². The fraction of sp³-hybridized carbons (Fsp3) is 0.316. The number of nitrogens with two attached hydrogens (primary N) is 2. The molecule has 0 unspecified atom stereocenters. The molecule has 0 bridgehead atoms. The summed E-state index contributed by atoms with van der Waals surface area (Å²) in [6.07, 6.45) is 7.95. The molecular formula is C19H25N9O. The van der Waals surface area contributed by atoms with Gasteiger partial charge in [-0.1, -0.05) is 18.9 Å². The third-order valence-corrected chi connectivity index (χ3v) is 4.66. The smallest absolute Gasteiger partial charge is 0.254 e. The lowest BCUT2D eigenvalue weighted by atomic mass is 9.91. The number of carbonyl (C=O) groups excluding carboxylic acids is 1. The molecule has 1 aromatic heterocycles. The van der Waals surface area contributed by atoms with Crippen LogP contribution in [0.4, 0.5) is 23.1 Å². The summed E-state index contributed by atoms with van der Waals surface area (Å²) in [5.74, 6) is 0.0718. The van der Waals surface area contributed by atoms with Crippen LogP contribution in [0.25, 0.3) is 0 Å². The first-order valence-electron chi connectivity index (χ1n) is 9.41. The highest BCUT2D eigenvalue weighted by molar-refractivity contribution is 6.14. The molecule has 0 saturated heterocycles. The summed E-state index contributed by atoms with van der Waals surface area (Å²) in [5.41, 5.74) is 16.1. The Labute approximate surface area is 168 Å². The van der Waals surface area contributed by atoms with Gasteiger partial charge in [-0.3, -0.25) is 10.2 Å². The van der Waals surface area contributed by atoms with E-state index in [1.54, 1.807) is 6.07 Å². The van der Waals surface area contributed by atoms with Crippen molar-refractivity contribution < 1.29 is 4.79 Å². The van der Waals surface area contributed by atoms with Crippen molar-refractivity contribution in [3.63, 3.8) is 0 Å². The lowest BCUT2D eigenvalue weighted by molar-refractivity contribution is 0.100. The Bertz CT molecular complexity index is 899. The highest BCUT2D eigenvalue weighted by atomic mass is 16.1. The molecule has 1 fully saturated rings. The number of amides is 1. The van der Waals surface area contributed by atoms with Gasteiger partial charge in [0.25, 0.3) is 5.91 Å². The molecule has 1 aromatic carbocycles. The quantitative estimate of drug-likeness (QED) is 0.294. The van der Waals surface area contributed by atoms with Crippen molar-refractivity contribution in [3.8, 4) is 0 Å². The van der Waals surface area contributed by atoms with Gasteiger partial charge in [-0.05, 0) is 31.0 Å². The van der Waals surface area contributed by atoms with Gasteiger partial charge < -0.3 is 27.5 Å². The lowest BCUT2D eigenvalue weighted by Gasteiger charge is -2.29. The van der Waals surface area contributed by atoms with E-state index in [0.29, 0.717) is 23.1 Å². The van der Waals surface area contributed by atoms with Crippen LogP contribution >= 0.6 is 0 Å². The van der Waals surface area contributed by atoms with Gasteiger partial charge in [-0.15, -0.1) is 0 Å². The molecule has 0 radical (unpaired) electrons. The van der Waals surface area contributed by atoms with Gasteiger partial charge in [0.15, 0.2) is 0 Å². The van der Waals surface area contributed by atoms with Gasteiger partial charge in [0.2, 0.25) is 5.95 Å². The zero-order valence-electron chi connectivity index (χ0n) is 15.9. The maximum Gasteiger partial charge on any atom is 0.254 e. The molecule has 2 aromatic rings. The third-order valence-electron chi connectivity index (χ3n) is 4.66. The molecule has 8 N–H and O–H groups in total. The Kier molecular flexibility index (Phi) is 6.69. The molecule has 10 nitrogen and oxygen atoms in total.